The Kier molecular flexibility index (Phi) is 3.85. The summed E-state index contributed by atoms with van der Waals surface area (Å²) >= 11 is 5.77. The summed E-state index contributed by atoms with van der Waals surface area (Å²) in [7, 11) is 0. The molecule has 1 aromatic rings. The molecule has 1 rings (SSSR count). The van der Waals surface area contributed by atoms with Crippen LogP contribution in [0.15, 0.2) is 18.5 Å². The lowest BCUT2D eigenvalue weighted by Crippen LogP contribution is -2.30. The molecular formula is C9H11ClN2O2. The monoisotopic (exact) mass is 214 g/mol. The molecule has 14 heavy (non-hydrogen) atoms. The zero-order valence-corrected chi connectivity index (χ0v) is 8.45. The third-order valence-electron chi connectivity index (χ3n) is 1.57. The van der Waals surface area contributed by atoms with Gasteiger partial charge in [-0.2, -0.15) is 0 Å². The van der Waals surface area contributed by atoms with Crippen LogP contribution in [0.2, 0.25) is 5.02 Å². The molecule has 76 valence electrons. The summed E-state index contributed by atoms with van der Waals surface area (Å²) in [5, 5.41) is 11.8. The highest BCUT2D eigenvalue weighted by Crippen LogP contribution is 2.12. The number of aliphatic hydroxyl groups is 1. The van der Waals surface area contributed by atoms with Gasteiger partial charge >= 0.3 is 0 Å². The Hall–Kier alpha value is -1.13. The zero-order valence-electron chi connectivity index (χ0n) is 7.70. The standard InChI is InChI=1S/C9H11ClN2O2/c1-6(13)4-12-9(14)7-5-11-3-2-8(7)10/h2-3,5-6,13H,4H2,1H3,(H,12,14)/t6-/m1/s1. The number of hydrogen-bond acceptors (Lipinski definition) is 3. The number of rotatable bonds is 3. The van der Waals surface area contributed by atoms with E-state index >= 15 is 0 Å². The van der Waals surface area contributed by atoms with Crippen LogP contribution in [-0.2, 0) is 0 Å². The predicted molar refractivity (Wildman–Crippen MR) is 53.3 cm³/mol. The number of aliphatic hydroxyl groups excluding tert-OH is 1. The largest absolute Gasteiger partial charge is 0.392 e. The first kappa shape index (κ1) is 10.9. The summed E-state index contributed by atoms with van der Waals surface area (Å²) in [4.78, 5) is 15.2. The Morgan fingerprint density at radius 1 is 1.79 bits per heavy atom. The van der Waals surface area contributed by atoms with E-state index in [1.165, 1.54) is 12.4 Å². The number of halogens is 1. The minimum absolute atomic E-state index is 0.198. The molecule has 0 spiro atoms. The molecule has 0 unspecified atom stereocenters. The quantitative estimate of drug-likeness (QED) is 0.784. The van der Waals surface area contributed by atoms with Crippen LogP contribution >= 0.6 is 11.6 Å². The first-order valence-electron chi connectivity index (χ1n) is 4.17. The van der Waals surface area contributed by atoms with E-state index in [1.807, 2.05) is 0 Å². The molecular weight excluding hydrogens is 204 g/mol. The minimum atomic E-state index is -0.575. The van der Waals surface area contributed by atoms with Gasteiger partial charge in [0.1, 0.15) is 0 Å². The Labute approximate surface area is 86.9 Å². The van der Waals surface area contributed by atoms with E-state index in [9.17, 15) is 4.79 Å². The smallest absolute Gasteiger partial charge is 0.254 e. The van der Waals surface area contributed by atoms with Gasteiger partial charge in [0.2, 0.25) is 0 Å². The number of hydrogen-bond donors (Lipinski definition) is 2. The number of amides is 1. The predicted octanol–water partition coefficient (Wildman–Crippen LogP) is 0.846. The van der Waals surface area contributed by atoms with E-state index in [2.05, 4.69) is 10.3 Å². The molecule has 0 fully saturated rings. The number of carbonyl (C=O) groups is 1. The van der Waals surface area contributed by atoms with Crippen molar-refractivity contribution >= 4 is 17.5 Å². The molecule has 1 aromatic heterocycles. The van der Waals surface area contributed by atoms with Crippen LogP contribution in [-0.4, -0.2) is 28.6 Å². The molecule has 1 heterocycles. The van der Waals surface area contributed by atoms with Crippen molar-refractivity contribution in [3.05, 3.63) is 29.0 Å². The molecule has 4 nitrogen and oxygen atoms in total. The van der Waals surface area contributed by atoms with Crippen LogP contribution < -0.4 is 5.32 Å². The fourth-order valence-electron chi connectivity index (χ4n) is 0.880. The second-order valence-electron chi connectivity index (χ2n) is 2.91. The maximum atomic E-state index is 11.4. The summed E-state index contributed by atoms with van der Waals surface area (Å²) in [6.45, 7) is 1.79. The van der Waals surface area contributed by atoms with Crippen molar-refractivity contribution in [3.63, 3.8) is 0 Å². The van der Waals surface area contributed by atoms with E-state index < -0.39 is 6.10 Å². The van der Waals surface area contributed by atoms with Gasteiger partial charge in [-0.3, -0.25) is 9.78 Å². The lowest BCUT2D eigenvalue weighted by atomic mass is 10.2. The summed E-state index contributed by atoms with van der Waals surface area (Å²) in [5.74, 6) is -0.330. The van der Waals surface area contributed by atoms with Gasteiger partial charge in [0.25, 0.3) is 5.91 Å². The molecule has 5 heteroatoms. The summed E-state index contributed by atoms with van der Waals surface area (Å²) < 4.78 is 0. The van der Waals surface area contributed by atoms with Gasteiger partial charge in [0, 0.05) is 18.9 Å². The maximum Gasteiger partial charge on any atom is 0.254 e. The highest BCUT2D eigenvalue weighted by Gasteiger charge is 2.09. The van der Waals surface area contributed by atoms with Crippen molar-refractivity contribution in [2.45, 2.75) is 13.0 Å². The van der Waals surface area contributed by atoms with Crippen LogP contribution in [0.4, 0.5) is 0 Å². The fourth-order valence-corrected chi connectivity index (χ4v) is 1.07. The zero-order chi connectivity index (χ0) is 10.6. The van der Waals surface area contributed by atoms with E-state index in [4.69, 9.17) is 16.7 Å². The second-order valence-corrected chi connectivity index (χ2v) is 3.32. The third kappa shape index (κ3) is 2.97. The fraction of sp³-hybridized carbons (Fsp3) is 0.333. The lowest BCUT2D eigenvalue weighted by Gasteiger charge is -2.07. The van der Waals surface area contributed by atoms with Gasteiger partial charge < -0.3 is 10.4 Å². The number of nitrogens with one attached hydrogen (secondary N) is 1. The van der Waals surface area contributed by atoms with Gasteiger partial charge in [-0.05, 0) is 13.0 Å². The maximum absolute atomic E-state index is 11.4. The molecule has 0 radical (unpaired) electrons. The molecule has 0 aliphatic carbocycles. The average Bonchev–Trinajstić information content (AvgIpc) is 2.15. The molecule has 1 atom stereocenters. The lowest BCUT2D eigenvalue weighted by molar-refractivity contribution is 0.0924. The Balaban J connectivity index is 2.65. The van der Waals surface area contributed by atoms with E-state index in [-0.39, 0.29) is 12.5 Å². The molecule has 2 N–H and O–H groups in total. The van der Waals surface area contributed by atoms with Crippen LogP contribution in [0.1, 0.15) is 17.3 Å². The van der Waals surface area contributed by atoms with Crippen LogP contribution in [0.5, 0.6) is 0 Å². The Bertz CT molecular complexity index is 328. The van der Waals surface area contributed by atoms with Crippen molar-refractivity contribution in [2.24, 2.45) is 0 Å². The van der Waals surface area contributed by atoms with Crippen molar-refractivity contribution in [2.75, 3.05) is 6.54 Å². The van der Waals surface area contributed by atoms with Gasteiger partial charge in [-0.15, -0.1) is 0 Å². The Morgan fingerprint density at radius 3 is 3.07 bits per heavy atom. The minimum Gasteiger partial charge on any atom is -0.392 e. The summed E-state index contributed by atoms with van der Waals surface area (Å²) in [6, 6.07) is 1.54. The van der Waals surface area contributed by atoms with E-state index in [0.29, 0.717) is 10.6 Å². The topological polar surface area (TPSA) is 62.2 Å². The molecule has 1 amide bonds. The van der Waals surface area contributed by atoms with Crippen molar-refractivity contribution in [3.8, 4) is 0 Å². The van der Waals surface area contributed by atoms with Crippen LogP contribution in [0, 0.1) is 0 Å². The van der Waals surface area contributed by atoms with Gasteiger partial charge in [0.15, 0.2) is 0 Å². The Morgan fingerprint density at radius 2 is 2.50 bits per heavy atom. The molecule has 0 bridgehead atoms. The van der Waals surface area contributed by atoms with Crippen molar-refractivity contribution in [1.82, 2.24) is 10.3 Å². The van der Waals surface area contributed by atoms with Crippen LogP contribution in [0.25, 0.3) is 0 Å². The van der Waals surface area contributed by atoms with Gasteiger partial charge in [-0.1, -0.05) is 11.6 Å². The SMILES string of the molecule is C[C@@H](O)CNC(=O)c1cnccc1Cl. The summed E-state index contributed by atoms with van der Waals surface area (Å²) in [6.07, 6.45) is 2.32. The average molecular weight is 215 g/mol. The number of aromatic nitrogens is 1. The normalized spacial score (nSPS) is 12.2. The summed E-state index contributed by atoms with van der Waals surface area (Å²) in [5.41, 5.74) is 0.315. The first-order chi connectivity index (χ1) is 6.61. The molecule has 0 aliphatic rings. The van der Waals surface area contributed by atoms with Crippen molar-refractivity contribution < 1.29 is 9.90 Å². The van der Waals surface area contributed by atoms with Crippen LogP contribution in [0.3, 0.4) is 0 Å². The number of pyridine rings is 1. The van der Waals surface area contributed by atoms with Gasteiger partial charge in [0.05, 0.1) is 16.7 Å². The molecule has 0 aliphatic heterocycles. The first-order valence-corrected chi connectivity index (χ1v) is 4.55. The van der Waals surface area contributed by atoms with Crippen molar-refractivity contribution in [1.29, 1.82) is 0 Å². The molecule has 0 saturated heterocycles. The number of carbonyl (C=O) groups excluding carboxylic acids is 1. The van der Waals surface area contributed by atoms with Gasteiger partial charge in [-0.25, -0.2) is 0 Å². The highest BCUT2D eigenvalue weighted by molar-refractivity contribution is 6.33. The molecule has 0 aromatic carbocycles. The second kappa shape index (κ2) is 4.93. The van der Waals surface area contributed by atoms with E-state index in [0.717, 1.165) is 0 Å². The van der Waals surface area contributed by atoms with E-state index in [1.54, 1.807) is 13.0 Å². The highest BCUT2D eigenvalue weighted by atomic mass is 35.5. The molecule has 0 saturated carbocycles. The number of nitrogens with zero attached hydrogens (tertiary/aromatic N) is 1. The third-order valence-corrected chi connectivity index (χ3v) is 1.90.